The summed E-state index contributed by atoms with van der Waals surface area (Å²) in [5.41, 5.74) is 1.26. The quantitative estimate of drug-likeness (QED) is 0.883. The van der Waals surface area contributed by atoms with Crippen molar-refractivity contribution in [3.8, 4) is 0 Å². The number of amides is 1. The zero-order valence-electron chi connectivity index (χ0n) is 11.3. The Labute approximate surface area is 112 Å². The number of hydrogen-bond acceptors (Lipinski definition) is 3. The maximum atomic E-state index is 13.3. The van der Waals surface area contributed by atoms with E-state index in [1.165, 1.54) is 12.1 Å². The van der Waals surface area contributed by atoms with Crippen LogP contribution < -0.4 is 4.90 Å². The lowest BCUT2D eigenvalue weighted by molar-refractivity contribution is -0.127. The van der Waals surface area contributed by atoms with Gasteiger partial charge in [0.15, 0.2) is 0 Å². The van der Waals surface area contributed by atoms with Crippen LogP contribution in [0.2, 0.25) is 0 Å². The van der Waals surface area contributed by atoms with E-state index in [2.05, 4.69) is 0 Å². The zero-order valence-corrected chi connectivity index (χ0v) is 11.3. The molecule has 1 N–H and O–H groups in total. The average molecular weight is 266 g/mol. The van der Waals surface area contributed by atoms with E-state index in [1.807, 2.05) is 4.90 Å². The van der Waals surface area contributed by atoms with E-state index in [0.717, 1.165) is 25.2 Å². The Balaban J connectivity index is 2.32. The lowest BCUT2D eigenvalue weighted by Crippen LogP contribution is -2.34. The molecular formula is C14H19FN2O2. The van der Waals surface area contributed by atoms with E-state index in [1.54, 1.807) is 24.9 Å². The van der Waals surface area contributed by atoms with Gasteiger partial charge in [0.1, 0.15) is 5.82 Å². The highest BCUT2D eigenvalue weighted by molar-refractivity contribution is 5.82. The first kappa shape index (κ1) is 13.8. The van der Waals surface area contributed by atoms with E-state index in [0.29, 0.717) is 5.56 Å². The van der Waals surface area contributed by atoms with Gasteiger partial charge in [-0.25, -0.2) is 4.39 Å². The van der Waals surface area contributed by atoms with Gasteiger partial charge in [0.05, 0.1) is 12.6 Å². The van der Waals surface area contributed by atoms with Crippen LogP contribution in [0.5, 0.6) is 0 Å². The van der Waals surface area contributed by atoms with E-state index < -0.39 is 6.10 Å². The number of aliphatic hydroxyl groups excluding tert-OH is 1. The molecule has 0 saturated carbocycles. The molecule has 0 aromatic heterocycles. The zero-order chi connectivity index (χ0) is 14.0. The van der Waals surface area contributed by atoms with Gasteiger partial charge >= 0.3 is 0 Å². The predicted octanol–water partition coefficient (Wildman–Crippen LogP) is 1.55. The minimum atomic E-state index is -0.762. The van der Waals surface area contributed by atoms with Crippen molar-refractivity contribution in [3.63, 3.8) is 0 Å². The molecule has 1 unspecified atom stereocenters. The van der Waals surface area contributed by atoms with Gasteiger partial charge in [-0.05, 0) is 31.5 Å². The monoisotopic (exact) mass is 266 g/mol. The van der Waals surface area contributed by atoms with Gasteiger partial charge in [0.25, 0.3) is 0 Å². The largest absolute Gasteiger partial charge is 0.389 e. The van der Waals surface area contributed by atoms with Gasteiger partial charge < -0.3 is 14.9 Å². The van der Waals surface area contributed by atoms with Crippen molar-refractivity contribution in [2.75, 3.05) is 31.6 Å². The summed E-state index contributed by atoms with van der Waals surface area (Å²) in [6.07, 6.45) is 0.0977. The van der Waals surface area contributed by atoms with E-state index >= 15 is 0 Å². The van der Waals surface area contributed by atoms with Crippen LogP contribution >= 0.6 is 0 Å². The summed E-state index contributed by atoms with van der Waals surface area (Å²) >= 11 is 0. The van der Waals surface area contributed by atoms with Crippen molar-refractivity contribution >= 4 is 11.6 Å². The van der Waals surface area contributed by atoms with Crippen molar-refractivity contribution in [3.05, 3.63) is 29.6 Å². The number of aliphatic hydroxyl groups is 1. The summed E-state index contributed by atoms with van der Waals surface area (Å²) in [5, 5.41) is 9.76. The molecule has 0 radical (unpaired) electrons. The lowest BCUT2D eigenvalue weighted by Gasteiger charge is -2.25. The average Bonchev–Trinajstić information content (AvgIpc) is 2.52. The fraction of sp³-hybridized carbons (Fsp3) is 0.500. The Bertz CT molecular complexity index is 477. The Kier molecular flexibility index (Phi) is 4.04. The first-order valence-corrected chi connectivity index (χ1v) is 6.45. The Morgan fingerprint density at radius 1 is 1.37 bits per heavy atom. The summed E-state index contributed by atoms with van der Waals surface area (Å²) < 4.78 is 13.3. The maximum absolute atomic E-state index is 13.3. The first-order chi connectivity index (χ1) is 8.99. The van der Waals surface area contributed by atoms with Gasteiger partial charge in [-0.1, -0.05) is 0 Å². The van der Waals surface area contributed by atoms with E-state index in [9.17, 15) is 14.3 Å². The molecule has 19 heavy (non-hydrogen) atoms. The van der Waals surface area contributed by atoms with Crippen LogP contribution in [0.4, 0.5) is 10.1 Å². The third-order valence-electron chi connectivity index (χ3n) is 3.45. The van der Waals surface area contributed by atoms with E-state index in [4.69, 9.17) is 0 Å². The molecule has 1 fully saturated rings. The van der Waals surface area contributed by atoms with E-state index in [-0.39, 0.29) is 18.3 Å². The van der Waals surface area contributed by atoms with Crippen molar-refractivity contribution in [2.45, 2.75) is 19.4 Å². The summed E-state index contributed by atoms with van der Waals surface area (Å²) in [4.78, 5) is 15.5. The topological polar surface area (TPSA) is 43.8 Å². The van der Waals surface area contributed by atoms with Crippen LogP contribution in [0.15, 0.2) is 18.2 Å². The second-order valence-electron chi connectivity index (χ2n) is 4.97. The SMILES string of the molecule is CC(O)c1cc(F)ccc1N1CCCN(C)C(=O)C1. The predicted molar refractivity (Wildman–Crippen MR) is 71.5 cm³/mol. The highest BCUT2D eigenvalue weighted by atomic mass is 19.1. The molecule has 1 aliphatic heterocycles. The molecular weight excluding hydrogens is 247 g/mol. The molecule has 0 bridgehead atoms. The van der Waals surface area contributed by atoms with Crippen molar-refractivity contribution < 1.29 is 14.3 Å². The number of carbonyl (C=O) groups excluding carboxylic acids is 1. The summed E-state index contributed by atoms with van der Waals surface area (Å²) in [6.45, 7) is 3.31. The minimum absolute atomic E-state index is 0.0402. The molecule has 0 aliphatic carbocycles. The van der Waals surface area contributed by atoms with Gasteiger partial charge in [-0.3, -0.25) is 4.79 Å². The smallest absolute Gasteiger partial charge is 0.241 e. The molecule has 104 valence electrons. The molecule has 1 aliphatic rings. The number of likely N-dealkylation sites (N-methyl/N-ethyl adjacent to an activating group) is 1. The fourth-order valence-electron chi connectivity index (χ4n) is 2.34. The molecule has 4 nitrogen and oxygen atoms in total. The summed E-state index contributed by atoms with van der Waals surface area (Å²) in [6, 6.07) is 4.33. The molecule has 1 aromatic carbocycles. The standard InChI is InChI=1S/C14H19FN2O2/c1-10(18)12-8-11(15)4-5-13(12)17-7-3-6-16(2)14(19)9-17/h4-5,8,10,18H,3,6-7,9H2,1-2H3. The maximum Gasteiger partial charge on any atom is 0.241 e. The number of rotatable bonds is 2. The van der Waals surface area contributed by atoms with Crippen LogP contribution in [-0.2, 0) is 4.79 Å². The minimum Gasteiger partial charge on any atom is -0.389 e. The fourth-order valence-corrected chi connectivity index (χ4v) is 2.34. The van der Waals surface area contributed by atoms with Crippen LogP contribution in [0, 0.1) is 5.82 Å². The number of carbonyl (C=O) groups is 1. The van der Waals surface area contributed by atoms with Gasteiger partial charge in [-0.2, -0.15) is 0 Å². The summed E-state index contributed by atoms with van der Waals surface area (Å²) in [7, 11) is 1.78. The number of halogens is 1. The molecule has 2 rings (SSSR count). The molecule has 5 heteroatoms. The van der Waals surface area contributed by atoms with Crippen molar-refractivity contribution in [2.24, 2.45) is 0 Å². The highest BCUT2D eigenvalue weighted by Gasteiger charge is 2.22. The highest BCUT2D eigenvalue weighted by Crippen LogP contribution is 2.28. The Morgan fingerprint density at radius 2 is 2.11 bits per heavy atom. The summed E-state index contributed by atoms with van der Waals surface area (Å²) in [5.74, 6) is -0.337. The normalized spacial score (nSPS) is 18.4. The molecule has 1 atom stereocenters. The molecule has 0 spiro atoms. The van der Waals surface area contributed by atoms with Gasteiger partial charge in [0, 0.05) is 31.4 Å². The van der Waals surface area contributed by atoms with Crippen LogP contribution in [0.25, 0.3) is 0 Å². The Hall–Kier alpha value is -1.62. The van der Waals surface area contributed by atoms with Crippen molar-refractivity contribution in [1.29, 1.82) is 0 Å². The third-order valence-corrected chi connectivity index (χ3v) is 3.45. The molecule has 1 amide bonds. The van der Waals surface area contributed by atoms with Gasteiger partial charge in [-0.15, -0.1) is 0 Å². The molecule has 1 heterocycles. The van der Waals surface area contributed by atoms with Crippen LogP contribution in [-0.4, -0.2) is 42.6 Å². The molecule has 1 aromatic rings. The molecule has 1 saturated heterocycles. The number of anilines is 1. The van der Waals surface area contributed by atoms with Gasteiger partial charge in [0.2, 0.25) is 5.91 Å². The number of nitrogens with zero attached hydrogens (tertiary/aromatic N) is 2. The second kappa shape index (κ2) is 5.57. The first-order valence-electron chi connectivity index (χ1n) is 6.45. The lowest BCUT2D eigenvalue weighted by atomic mass is 10.1. The number of benzene rings is 1. The van der Waals surface area contributed by atoms with Crippen molar-refractivity contribution in [1.82, 2.24) is 4.90 Å². The third kappa shape index (κ3) is 3.04. The van der Waals surface area contributed by atoms with Crippen LogP contribution in [0.1, 0.15) is 25.0 Å². The second-order valence-corrected chi connectivity index (χ2v) is 4.97. The van der Waals surface area contributed by atoms with Crippen LogP contribution in [0.3, 0.4) is 0 Å². The number of hydrogen-bond donors (Lipinski definition) is 1. The Morgan fingerprint density at radius 3 is 2.79 bits per heavy atom.